The van der Waals surface area contributed by atoms with E-state index in [-0.39, 0.29) is 0 Å². The molecule has 3 unspecified atom stereocenters. The highest BCUT2D eigenvalue weighted by molar-refractivity contribution is 7.03. The molecule has 1 saturated carbocycles. The quantitative estimate of drug-likeness (QED) is 0.853. The van der Waals surface area contributed by atoms with Crippen LogP contribution in [0.1, 0.15) is 44.2 Å². The zero-order chi connectivity index (χ0) is 10.7. The van der Waals surface area contributed by atoms with E-state index in [9.17, 15) is 0 Å². The Kier molecular flexibility index (Phi) is 3.76. The molecule has 3 heteroatoms. The summed E-state index contributed by atoms with van der Waals surface area (Å²) < 4.78 is 4.52. The summed E-state index contributed by atoms with van der Waals surface area (Å²) in [5.74, 6) is 1.53. The Morgan fingerprint density at radius 3 is 3.00 bits per heavy atom. The van der Waals surface area contributed by atoms with Crippen molar-refractivity contribution in [2.75, 3.05) is 7.05 Å². The van der Waals surface area contributed by atoms with E-state index in [0.29, 0.717) is 12.0 Å². The van der Waals surface area contributed by atoms with Gasteiger partial charge < -0.3 is 5.32 Å². The highest BCUT2D eigenvalue weighted by atomic mass is 32.1. The van der Waals surface area contributed by atoms with Gasteiger partial charge in [-0.15, -0.1) is 0 Å². The van der Waals surface area contributed by atoms with Gasteiger partial charge in [-0.25, -0.2) is 0 Å². The number of hydrogen-bond donors (Lipinski definition) is 1. The molecule has 0 aliphatic heterocycles. The minimum absolute atomic E-state index is 0.687. The third kappa shape index (κ3) is 2.40. The summed E-state index contributed by atoms with van der Waals surface area (Å²) >= 11 is 1.58. The summed E-state index contributed by atoms with van der Waals surface area (Å²) in [5, 5.41) is 5.52. The van der Waals surface area contributed by atoms with Gasteiger partial charge in [-0.3, -0.25) is 0 Å². The highest BCUT2D eigenvalue weighted by Gasteiger charge is 2.30. The van der Waals surface area contributed by atoms with E-state index < -0.39 is 0 Å². The average molecular weight is 224 g/mol. The van der Waals surface area contributed by atoms with E-state index in [1.54, 1.807) is 11.5 Å². The first kappa shape index (κ1) is 11.1. The zero-order valence-corrected chi connectivity index (χ0v) is 10.4. The van der Waals surface area contributed by atoms with Crippen LogP contribution in [-0.2, 0) is 0 Å². The number of hydrogen-bond acceptors (Lipinski definition) is 3. The molecule has 0 amide bonds. The van der Waals surface area contributed by atoms with Gasteiger partial charge in [0.15, 0.2) is 0 Å². The van der Waals surface area contributed by atoms with Crippen molar-refractivity contribution < 1.29 is 0 Å². The average Bonchev–Trinajstić information content (AvgIpc) is 2.81. The topological polar surface area (TPSA) is 24.9 Å². The Balaban J connectivity index is 2.10. The second kappa shape index (κ2) is 5.08. The van der Waals surface area contributed by atoms with Crippen molar-refractivity contribution in [2.45, 2.75) is 44.6 Å². The summed E-state index contributed by atoms with van der Waals surface area (Å²) in [4.78, 5) is 0. The normalized spacial score (nSPS) is 31.7. The standard InChI is InChI=1S/C12H20N2S/c1-3-9-4-5-10(13-2)8-11(9)12-6-7-15-14-12/h6-7,9-11,13H,3-5,8H2,1-2H3. The van der Waals surface area contributed by atoms with Crippen LogP contribution in [0.3, 0.4) is 0 Å². The third-order valence-electron chi connectivity index (χ3n) is 3.76. The Morgan fingerprint density at radius 1 is 1.53 bits per heavy atom. The van der Waals surface area contributed by atoms with Crippen molar-refractivity contribution in [2.24, 2.45) is 5.92 Å². The maximum Gasteiger partial charge on any atom is 0.0576 e. The van der Waals surface area contributed by atoms with E-state index in [2.05, 4.69) is 35.1 Å². The second-order valence-corrected chi connectivity index (χ2v) is 5.16. The highest BCUT2D eigenvalue weighted by Crippen LogP contribution is 2.39. The summed E-state index contributed by atoms with van der Waals surface area (Å²) in [6, 6.07) is 2.90. The molecule has 3 atom stereocenters. The fraction of sp³-hybridized carbons (Fsp3) is 0.750. The van der Waals surface area contributed by atoms with E-state index in [4.69, 9.17) is 0 Å². The Bertz CT molecular complexity index is 284. The van der Waals surface area contributed by atoms with Crippen LogP contribution in [0, 0.1) is 5.92 Å². The molecule has 0 spiro atoms. The van der Waals surface area contributed by atoms with Gasteiger partial charge >= 0.3 is 0 Å². The molecule has 84 valence electrons. The third-order valence-corrected chi connectivity index (χ3v) is 4.34. The molecule has 1 aliphatic rings. The first-order chi connectivity index (χ1) is 7.35. The van der Waals surface area contributed by atoms with Crippen molar-refractivity contribution >= 4 is 11.5 Å². The molecule has 1 aromatic heterocycles. The molecule has 0 radical (unpaired) electrons. The molecule has 1 N–H and O–H groups in total. The van der Waals surface area contributed by atoms with E-state index in [1.807, 2.05) is 0 Å². The Morgan fingerprint density at radius 2 is 2.40 bits per heavy atom. The van der Waals surface area contributed by atoms with Gasteiger partial charge in [0, 0.05) is 17.3 Å². The van der Waals surface area contributed by atoms with Crippen LogP contribution in [0.4, 0.5) is 0 Å². The molecule has 1 aromatic rings. The van der Waals surface area contributed by atoms with Crippen molar-refractivity contribution in [3.05, 3.63) is 17.1 Å². The van der Waals surface area contributed by atoms with Crippen LogP contribution >= 0.6 is 11.5 Å². The molecular weight excluding hydrogens is 204 g/mol. The molecule has 1 fully saturated rings. The molecule has 0 aromatic carbocycles. The summed E-state index contributed by atoms with van der Waals surface area (Å²) in [7, 11) is 2.08. The van der Waals surface area contributed by atoms with Gasteiger partial charge in [-0.05, 0) is 49.8 Å². The van der Waals surface area contributed by atoms with E-state index in [1.165, 1.54) is 31.4 Å². The number of nitrogens with one attached hydrogen (secondary N) is 1. The minimum Gasteiger partial charge on any atom is -0.317 e. The Labute approximate surface area is 96.3 Å². The van der Waals surface area contributed by atoms with Crippen LogP contribution in [0.25, 0.3) is 0 Å². The molecule has 2 nitrogen and oxygen atoms in total. The first-order valence-corrected chi connectivity index (χ1v) is 6.76. The summed E-state index contributed by atoms with van der Waals surface area (Å²) in [6.07, 6.45) is 5.23. The van der Waals surface area contributed by atoms with Crippen LogP contribution in [-0.4, -0.2) is 17.5 Å². The van der Waals surface area contributed by atoms with Crippen molar-refractivity contribution in [3.8, 4) is 0 Å². The van der Waals surface area contributed by atoms with Gasteiger partial charge in [0.1, 0.15) is 0 Å². The van der Waals surface area contributed by atoms with Crippen LogP contribution in [0.15, 0.2) is 11.4 Å². The predicted octanol–water partition coefficient (Wildman–Crippen LogP) is 3.02. The van der Waals surface area contributed by atoms with Crippen LogP contribution in [0.2, 0.25) is 0 Å². The van der Waals surface area contributed by atoms with Gasteiger partial charge in [0.25, 0.3) is 0 Å². The van der Waals surface area contributed by atoms with Gasteiger partial charge in [0.05, 0.1) is 5.69 Å². The second-order valence-electron chi connectivity index (χ2n) is 4.50. The number of rotatable bonds is 3. The molecule has 1 heterocycles. The monoisotopic (exact) mass is 224 g/mol. The SMILES string of the molecule is CCC1CCC(NC)CC1c1ccsn1. The minimum atomic E-state index is 0.687. The molecule has 1 aliphatic carbocycles. The van der Waals surface area contributed by atoms with Gasteiger partial charge in [-0.1, -0.05) is 13.3 Å². The fourth-order valence-corrected chi connectivity index (χ4v) is 3.34. The summed E-state index contributed by atoms with van der Waals surface area (Å²) in [5.41, 5.74) is 1.33. The van der Waals surface area contributed by atoms with Crippen LogP contribution < -0.4 is 5.32 Å². The summed E-state index contributed by atoms with van der Waals surface area (Å²) in [6.45, 7) is 2.31. The maximum atomic E-state index is 4.52. The van der Waals surface area contributed by atoms with E-state index >= 15 is 0 Å². The molecular formula is C12H20N2S. The number of aromatic nitrogens is 1. The van der Waals surface area contributed by atoms with Crippen molar-refractivity contribution in [1.82, 2.24) is 9.69 Å². The largest absolute Gasteiger partial charge is 0.317 e. The van der Waals surface area contributed by atoms with Crippen molar-refractivity contribution in [3.63, 3.8) is 0 Å². The smallest absolute Gasteiger partial charge is 0.0576 e. The predicted molar refractivity (Wildman–Crippen MR) is 65.3 cm³/mol. The Hall–Kier alpha value is -0.410. The lowest BCUT2D eigenvalue weighted by atomic mass is 9.74. The van der Waals surface area contributed by atoms with Gasteiger partial charge in [-0.2, -0.15) is 4.37 Å². The molecule has 2 rings (SSSR count). The zero-order valence-electron chi connectivity index (χ0n) is 9.57. The lowest BCUT2D eigenvalue weighted by Crippen LogP contribution is -2.34. The van der Waals surface area contributed by atoms with Crippen LogP contribution in [0.5, 0.6) is 0 Å². The number of nitrogens with zero attached hydrogens (tertiary/aromatic N) is 1. The fourth-order valence-electron chi connectivity index (χ4n) is 2.76. The van der Waals surface area contributed by atoms with Crippen molar-refractivity contribution in [1.29, 1.82) is 0 Å². The molecule has 15 heavy (non-hydrogen) atoms. The lowest BCUT2D eigenvalue weighted by Gasteiger charge is -2.34. The van der Waals surface area contributed by atoms with Gasteiger partial charge in [0.2, 0.25) is 0 Å². The van der Waals surface area contributed by atoms with E-state index in [0.717, 1.165) is 5.92 Å². The molecule has 0 saturated heterocycles. The maximum absolute atomic E-state index is 4.52. The lowest BCUT2D eigenvalue weighted by molar-refractivity contribution is 0.252. The molecule has 0 bridgehead atoms. The first-order valence-electron chi connectivity index (χ1n) is 5.92.